The molecule has 0 aliphatic rings. The summed E-state index contributed by atoms with van der Waals surface area (Å²) in [5, 5.41) is 2.50. The van der Waals surface area contributed by atoms with Gasteiger partial charge >= 0.3 is 6.09 Å². The molecule has 6 nitrogen and oxygen atoms in total. The number of hydrogen-bond acceptors (Lipinski definition) is 4. The van der Waals surface area contributed by atoms with Crippen molar-refractivity contribution in [3.05, 3.63) is 36.4 Å². The Bertz CT molecular complexity index is 608. The summed E-state index contributed by atoms with van der Waals surface area (Å²) in [6.45, 7) is 5.57. The number of rotatable bonds is 5. The van der Waals surface area contributed by atoms with Crippen molar-refractivity contribution in [1.29, 1.82) is 0 Å². The number of allylic oxidation sites excluding steroid dienone is 1. The fraction of sp³-hybridized carbons (Fsp3) is 0.353. The van der Waals surface area contributed by atoms with Crippen molar-refractivity contribution in [1.82, 2.24) is 0 Å². The second-order valence-corrected chi connectivity index (χ2v) is 5.19. The highest BCUT2D eigenvalue weighted by Crippen LogP contribution is 2.21. The first kappa shape index (κ1) is 18.4. The Hall–Kier alpha value is -2.63. The number of nitrogens with one attached hydrogen (secondary N) is 1. The molecule has 0 radical (unpaired) electrons. The van der Waals surface area contributed by atoms with Crippen LogP contribution in [-0.4, -0.2) is 25.0 Å². The van der Waals surface area contributed by atoms with Crippen LogP contribution < -0.4 is 10.2 Å². The van der Waals surface area contributed by atoms with Gasteiger partial charge < -0.3 is 4.74 Å². The number of benzene rings is 1. The van der Waals surface area contributed by atoms with Crippen LogP contribution in [0.25, 0.3) is 0 Å². The van der Waals surface area contributed by atoms with E-state index in [2.05, 4.69) is 10.1 Å². The zero-order valence-corrected chi connectivity index (χ0v) is 13.8. The molecule has 0 bridgehead atoms. The highest BCUT2D eigenvalue weighted by atomic mass is 16.5. The van der Waals surface area contributed by atoms with Gasteiger partial charge in [0.25, 0.3) is 5.91 Å². The van der Waals surface area contributed by atoms with Crippen molar-refractivity contribution in [2.45, 2.75) is 27.2 Å². The Kier molecular flexibility index (Phi) is 6.99. The van der Waals surface area contributed by atoms with Crippen LogP contribution in [0.4, 0.5) is 16.2 Å². The number of hydrogen-bond donors (Lipinski definition) is 1. The van der Waals surface area contributed by atoms with Gasteiger partial charge in [-0.05, 0) is 24.1 Å². The highest BCUT2D eigenvalue weighted by molar-refractivity contribution is 6.18. The third-order valence-electron chi connectivity index (χ3n) is 2.93. The van der Waals surface area contributed by atoms with E-state index >= 15 is 0 Å². The summed E-state index contributed by atoms with van der Waals surface area (Å²) in [4.78, 5) is 36.9. The van der Waals surface area contributed by atoms with Gasteiger partial charge in [0.1, 0.15) is 0 Å². The molecule has 0 aliphatic carbocycles. The van der Waals surface area contributed by atoms with E-state index < -0.39 is 12.0 Å². The van der Waals surface area contributed by atoms with Crippen molar-refractivity contribution in [3.8, 4) is 0 Å². The summed E-state index contributed by atoms with van der Waals surface area (Å²) < 4.78 is 4.53. The van der Waals surface area contributed by atoms with Crippen LogP contribution in [0.2, 0.25) is 0 Å². The largest absolute Gasteiger partial charge is 0.453 e. The lowest BCUT2D eigenvalue weighted by atomic mass is 10.2. The number of nitrogens with zero attached hydrogens (tertiary/aromatic N) is 1. The first-order chi connectivity index (χ1) is 10.9. The van der Waals surface area contributed by atoms with Crippen LogP contribution in [0.5, 0.6) is 0 Å². The summed E-state index contributed by atoms with van der Waals surface area (Å²) in [5.74, 6) is -0.538. The van der Waals surface area contributed by atoms with Crippen molar-refractivity contribution in [2.24, 2.45) is 5.92 Å². The minimum atomic E-state index is -0.624. The van der Waals surface area contributed by atoms with Gasteiger partial charge in [0.2, 0.25) is 5.91 Å². The second kappa shape index (κ2) is 8.73. The number of ether oxygens (including phenoxy) is 1. The molecule has 0 saturated carbocycles. The standard InChI is InChI=1S/C17H22N2O4/c1-5-15(20)19(16(21)10-9-12(2)3)14-8-6-7-13(11-14)18-17(22)23-4/h6-12H,5H2,1-4H3,(H,18,22). The molecule has 1 aromatic carbocycles. The molecule has 6 heteroatoms. The average molecular weight is 318 g/mol. The number of methoxy groups -OCH3 is 1. The van der Waals surface area contributed by atoms with Crippen LogP contribution >= 0.6 is 0 Å². The van der Waals surface area contributed by atoms with E-state index in [1.54, 1.807) is 37.3 Å². The second-order valence-electron chi connectivity index (χ2n) is 5.19. The number of carbonyl (C=O) groups excluding carboxylic acids is 3. The van der Waals surface area contributed by atoms with E-state index in [1.165, 1.54) is 13.2 Å². The molecule has 1 aromatic rings. The normalized spacial score (nSPS) is 10.7. The number of imide groups is 1. The zero-order chi connectivity index (χ0) is 17.4. The summed E-state index contributed by atoms with van der Waals surface area (Å²) in [6, 6.07) is 6.47. The van der Waals surface area contributed by atoms with Gasteiger partial charge in [-0.15, -0.1) is 0 Å². The van der Waals surface area contributed by atoms with Crippen LogP contribution in [0.1, 0.15) is 27.2 Å². The molecular weight excluding hydrogens is 296 g/mol. The lowest BCUT2D eigenvalue weighted by molar-refractivity contribution is -0.124. The molecule has 0 aromatic heterocycles. The Labute approximate surface area is 136 Å². The van der Waals surface area contributed by atoms with Gasteiger partial charge in [-0.25, -0.2) is 9.69 Å². The quantitative estimate of drug-likeness (QED) is 0.845. The summed E-state index contributed by atoms with van der Waals surface area (Å²) in [5.41, 5.74) is 0.827. The van der Waals surface area contributed by atoms with Gasteiger partial charge in [-0.3, -0.25) is 14.9 Å². The molecule has 23 heavy (non-hydrogen) atoms. The van der Waals surface area contributed by atoms with Crippen molar-refractivity contribution < 1.29 is 19.1 Å². The van der Waals surface area contributed by atoms with Crippen LogP contribution in [0.15, 0.2) is 36.4 Å². The zero-order valence-electron chi connectivity index (χ0n) is 13.8. The summed E-state index contributed by atoms with van der Waals surface area (Å²) in [7, 11) is 1.26. The average Bonchev–Trinajstić information content (AvgIpc) is 2.53. The van der Waals surface area contributed by atoms with E-state index in [4.69, 9.17) is 0 Å². The van der Waals surface area contributed by atoms with Gasteiger partial charge in [0.05, 0.1) is 12.8 Å². The Balaban J connectivity index is 3.12. The van der Waals surface area contributed by atoms with Crippen LogP contribution in [0.3, 0.4) is 0 Å². The number of anilines is 2. The summed E-state index contributed by atoms with van der Waals surface area (Å²) >= 11 is 0. The van der Waals surface area contributed by atoms with Crippen LogP contribution in [-0.2, 0) is 14.3 Å². The predicted octanol–water partition coefficient (Wildman–Crippen LogP) is 3.35. The molecule has 1 rings (SSSR count). The van der Waals surface area contributed by atoms with E-state index in [-0.39, 0.29) is 18.2 Å². The van der Waals surface area contributed by atoms with Gasteiger partial charge in [0.15, 0.2) is 0 Å². The first-order valence-electron chi connectivity index (χ1n) is 7.39. The van der Waals surface area contributed by atoms with Gasteiger partial charge in [-0.2, -0.15) is 0 Å². The minimum absolute atomic E-state index is 0.190. The van der Waals surface area contributed by atoms with E-state index in [0.717, 1.165) is 4.90 Å². The molecule has 0 spiro atoms. The van der Waals surface area contributed by atoms with Gasteiger partial charge in [-0.1, -0.05) is 32.9 Å². The predicted molar refractivity (Wildman–Crippen MR) is 89.2 cm³/mol. The number of amides is 3. The van der Waals surface area contributed by atoms with Crippen molar-refractivity contribution >= 4 is 29.3 Å². The maximum absolute atomic E-state index is 12.3. The molecular formula is C17H22N2O4. The molecule has 0 fully saturated rings. The molecule has 124 valence electrons. The fourth-order valence-corrected chi connectivity index (χ4v) is 1.79. The minimum Gasteiger partial charge on any atom is -0.453 e. The molecule has 1 N–H and O–H groups in total. The Morgan fingerprint density at radius 3 is 2.57 bits per heavy atom. The smallest absolute Gasteiger partial charge is 0.411 e. The first-order valence-corrected chi connectivity index (χ1v) is 7.39. The van der Waals surface area contributed by atoms with Crippen molar-refractivity contribution in [3.63, 3.8) is 0 Å². The highest BCUT2D eigenvalue weighted by Gasteiger charge is 2.20. The van der Waals surface area contributed by atoms with E-state index in [1.807, 2.05) is 13.8 Å². The van der Waals surface area contributed by atoms with Crippen molar-refractivity contribution in [2.75, 3.05) is 17.3 Å². The lowest BCUT2D eigenvalue weighted by Gasteiger charge is -2.19. The summed E-state index contributed by atoms with van der Waals surface area (Å²) in [6.07, 6.45) is 2.69. The molecule has 0 atom stereocenters. The maximum Gasteiger partial charge on any atom is 0.411 e. The molecule has 0 saturated heterocycles. The molecule has 0 heterocycles. The monoisotopic (exact) mass is 318 g/mol. The third kappa shape index (κ3) is 5.58. The third-order valence-corrected chi connectivity index (χ3v) is 2.93. The van der Waals surface area contributed by atoms with E-state index in [0.29, 0.717) is 11.4 Å². The van der Waals surface area contributed by atoms with Gasteiger partial charge in [0, 0.05) is 18.2 Å². The molecule has 0 aliphatic heterocycles. The Morgan fingerprint density at radius 1 is 1.30 bits per heavy atom. The van der Waals surface area contributed by atoms with Crippen LogP contribution in [0, 0.1) is 5.92 Å². The Morgan fingerprint density at radius 2 is 2.00 bits per heavy atom. The topological polar surface area (TPSA) is 75.7 Å². The molecule has 3 amide bonds. The lowest BCUT2D eigenvalue weighted by Crippen LogP contribution is -2.35. The molecule has 0 unspecified atom stereocenters. The maximum atomic E-state index is 12.3. The fourth-order valence-electron chi connectivity index (χ4n) is 1.79. The SMILES string of the molecule is CCC(=O)N(C(=O)C=CC(C)C)c1cccc(NC(=O)OC)c1. The number of carbonyl (C=O) groups is 3. The van der Waals surface area contributed by atoms with E-state index in [9.17, 15) is 14.4 Å².